The lowest BCUT2D eigenvalue weighted by Gasteiger charge is -2.18. The Labute approximate surface area is 118 Å². The van der Waals surface area contributed by atoms with Crippen LogP contribution >= 0.6 is 0 Å². The summed E-state index contributed by atoms with van der Waals surface area (Å²) >= 11 is 0. The topological polar surface area (TPSA) is 47.3 Å². The van der Waals surface area contributed by atoms with E-state index in [1.807, 2.05) is 31.2 Å². The van der Waals surface area contributed by atoms with Crippen molar-refractivity contribution in [3.63, 3.8) is 0 Å². The van der Waals surface area contributed by atoms with Crippen molar-refractivity contribution >= 4 is 0 Å². The molecule has 0 amide bonds. The lowest BCUT2D eigenvalue weighted by Crippen LogP contribution is -2.29. The Morgan fingerprint density at radius 3 is 2.45 bits per heavy atom. The van der Waals surface area contributed by atoms with Gasteiger partial charge in [0.05, 0.1) is 7.11 Å². The first-order valence-electron chi connectivity index (χ1n) is 6.49. The Bertz CT molecular complexity index is 569. The third kappa shape index (κ3) is 3.35. The fraction of sp³-hybridized carbons (Fsp3) is 0.250. The molecule has 0 radical (unpaired) electrons. The van der Waals surface area contributed by atoms with Crippen LogP contribution in [0, 0.1) is 12.7 Å². The lowest BCUT2D eigenvalue weighted by molar-refractivity contribution is 0.414. The largest absolute Gasteiger partial charge is 0.497 e. The number of rotatable bonds is 5. The van der Waals surface area contributed by atoms with Gasteiger partial charge in [-0.05, 0) is 54.3 Å². The van der Waals surface area contributed by atoms with Gasteiger partial charge in [-0.25, -0.2) is 4.39 Å². The summed E-state index contributed by atoms with van der Waals surface area (Å²) < 4.78 is 18.3. The van der Waals surface area contributed by atoms with Crippen molar-refractivity contribution in [1.82, 2.24) is 5.43 Å². The van der Waals surface area contributed by atoms with Gasteiger partial charge in [-0.15, -0.1) is 0 Å². The Morgan fingerprint density at radius 2 is 1.90 bits per heavy atom. The highest BCUT2D eigenvalue weighted by molar-refractivity contribution is 5.32. The Morgan fingerprint density at radius 1 is 1.20 bits per heavy atom. The van der Waals surface area contributed by atoms with E-state index in [1.54, 1.807) is 13.2 Å². The number of nitrogens with two attached hydrogens (primary N) is 1. The molecule has 20 heavy (non-hydrogen) atoms. The zero-order chi connectivity index (χ0) is 14.5. The maximum Gasteiger partial charge on any atom is 0.123 e. The molecular weight excluding hydrogens is 255 g/mol. The highest BCUT2D eigenvalue weighted by Crippen LogP contribution is 2.22. The molecule has 3 N–H and O–H groups in total. The van der Waals surface area contributed by atoms with Crippen LogP contribution in [0.3, 0.4) is 0 Å². The van der Waals surface area contributed by atoms with Crippen LogP contribution in [0.25, 0.3) is 0 Å². The molecule has 0 fully saturated rings. The highest BCUT2D eigenvalue weighted by atomic mass is 19.1. The van der Waals surface area contributed by atoms with Gasteiger partial charge in [-0.2, -0.15) is 0 Å². The number of ether oxygens (including phenoxy) is 1. The van der Waals surface area contributed by atoms with Gasteiger partial charge in [0, 0.05) is 6.04 Å². The molecule has 1 atom stereocenters. The number of aryl methyl sites for hydroxylation is 1. The molecule has 0 saturated carbocycles. The average Bonchev–Trinajstić information content (AvgIpc) is 2.47. The van der Waals surface area contributed by atoms with Gasteiger partial charge in [0.25, 0.3) is 0 Å². The van der Waals surface area contributed by atoms with Gasteiger partial charge in [0.2, 0.25) is 0 Å². The maximum absolute atomic E-state index is 13.1. The van der Waals surface area contributed by atoms with Gasteiger partial charge in [0.15, 0.2) is 0 Å². The quantitative estimate of drug-likeness (QED) is 0.651. The maximum atomic E-state index is 13.1. The Balaban J connectivity index is 2.19. The van der Waals surface area contributed by atoms with E-state index in [1.165, 1.54) is 12.1 Å². The minimum atomic E-state index is -0.215. The van der Waals surface area contributed by atoms with E-state index in [0.29, 0.717) is 6.42 Å². The van der Waals surface area contributed by atoms with Gasteiger partial charge in [-0.1, -0.05) is 18.2 Å². The number of methoxy groups -OCH3 is 1. The van der Waals surface area contributed by atoms with E-state index < -0.39 is 0 Å². The smallest absolute Gasteiger partial charge is 0.123 e. The second kappa shape index (κ2) is 6.50. The van der Waals surface area contributed by atoms with E-state index in [2.05, 4.69) is 5.43 Å². The van der Waals surface area contributed by atoms with Crippen LogP contribution in [0.15, 0.2) is 42.5 Å². The third-order valence-corrected chi connectivity index (χ3v) is 3.45. The summed E-state index contributed by atoms with van der Waals surface area (Å²) in [5, 5.41) is 0. The second-order valence-electron chi connectivity index (χ2n) is 4.77. The number of halogens is 1. The van der Waals surface area contributed by atoms with Crippen LogP contribution in [-0.4, -0.2) is 7.11 Å². The number of hydrogen-bond donors (Lipinski definition) is 2. The minimum absolute atomic E-state index is 0.0231. The Kier molecular flexibility index (Phi) is 4.71. The fourth-order valence-corrected chi connectivity index (χ4v) is 2.22. The summed E-state index contributed by atoms with van der Waals surface area (Å²) in [6, 6.07) is 12.5. The zero-order valence-corrected chi connectivity index (χ0v) is 11.7. The predicted octanol–water partition coefficient (Wildman–Crippen LogP) is 2.89. The van der Waals surface area contributed by atoms with E-state index in [4.69, 9.17) is 10.6 Å². The molecule has 2 aromatic carbocycles. The van der Waals surface area contributed by atoms with Crippen molar-refractivity contribution in [2.45, 2.75) is 19.4 Å². The van der Waals surface area contributed by atoms with E-state index >= 15 is 0 Å². The molecule has 0 heterocycles. The Hall–Kier alpha value is -1.91. The molecule has 0 aliphatic heterocycles. The number of nitrogens with one attached hydrogen (secondary N) is 1. The highest BCUT2D eigenvalue weighted by Gasteiger charge is 2.12. The van der Waals surface area contributed by atoms with Crippen molar-refractivity contribution in [2.24, 2.45) is 5.84 Å². The van der Waals surface area contributed by atoms with Gasteiger partial charge >= 0.3 is 0 Å². The number of hydrazine groups is 1. The molecule has 4 heteroatoms. The molecule has 2 aromatic rings. The standard InChI is InChI=1S/C16H19FN2O/c1-11-9-14(17)6-3-13(11)10-16(19-18)12-4-7-15(20-2)8-5-12/h3-9,16,19H,10,18H2,1-2H3. The van der Waals surface area contributed by atoms with Crippen LogP contribution in [0.4, 0.5) is 4.39 Å². The van der Waals surface area contributed by atoms with E-state index in [-0.39, 0.29) is 11.9 Å². The SMILES string of the molecule is COc1ccc(C(Cc2ccc(F)cc2C)NN)cc1. The number of benzene rings is 2. The summed E-state index contributed by atoms with van der Waals surface area (Å²) in [6.07, 6.45) is 0.703. The monoisotopic (exact) mass is 274 g/mol. The van der Waals surface area contributed by atoms with Gasteiger partial charge in [-0.3, -0.25) is 11.3 Å². The first-order chi connectivity index (χ1) is 9.63. The molecule has 0 saturated heterocycles. The van der Waals surface area contributed by atoms with E-state index in [0.717, 1.165) is 22.4 Å². The molecule has 0 aliphatic rings. The van der Waals surface area contributed by atoms with Crippen molar-refractivity contribution in [3.05, 3.63) is 65.0 Å². The molecule has 2 rings (SSSR count). The fourth-order valence-electron chi connectivity index (χ4n) is 2.22. The van der Waals surface area contributed by atoms with Crippen LogP contribution in [-0.2, 0) is 6.42 Å². The molecule has 0 aromatic heterocycles. The average molecular weight is 274 g/mol. The summed E-state index contributed by atoms with van der Waals surface area (Å²) in [7, 11) is 1.63. The molecule has 106 valence electrons. The van der Waals surface area contributed by atoms with E-state index in [9.17, 15) is 4.39 Å². The molecule has 0 spiro atoms. The first kappa shape index (κ1) is 14.5. The second-order valence-corrected chi connectivity index (χ2v) is 4.77. The summed E-state index contributed by atoms with van der Waals surface area (Å²) in [6.45, 7) is 1.90. The molecule has 3 nitrogen and oxygen atoms in total. The van der Waals surface area contributed by atoms with Crippen molar-refractivity contribution in [3.8, 4) is 5.75 Å². The van der Waals surface area contributed by atoms with Crippen LogP contribution < -0.4 is 16.0 Å². The van der Waals surface area contributed by atoms with Crippen LogP contribution in [0.2, 0.25) is 0 Å². The summed E-state index contributed by atoms with van der Waals surface area (Å²) in [5.41, 5.74) is 5.88. The van der Waals surface area contributed by atoms with Crippen molar-refractivity contribution in [1.29, 1.82) is 0 Å². The number of hydrogen-bond acceptors (Lipinski definition) is 3. The van der Waals surface area contributed by atoms with Gasteiger partial charge < -0.3 is 4.74 Å². The van der Waals surface area contributed by atoms with Crippen LogP contribution in [0.1, 0.15) is 22.7 Å². The lowest BCUT2D eigenvalue weighted by atomic mass is 9.96. The van der Waals surface area contributed by atoms with Gasteiger partial charge in [0.1, 0.15) is 11.6 Å². The molecule has 1 unspecified atom stereocenters. The minimum Gasteiger partial charge on any atom is -0.497 e. The summed E-state index contributed by atoms with van der Waals surface area (Å²) in [4.78, 5) is 0. The molecule has 0 aliphatic carbocycles. The molecule has 0 bridgehead atoms. The third-order valence-electron chi connectivity index (χ3n) is 3.45. The van der Waals surface area contributed by atoms with Crippen LogP contribution in [0.5, 0.6) is 5.75 Å². The summed E-state index contributed by atoms with van der Waals surface area (Å²) in [5.74, 6) is 6.24. The van der Waals surface area contributed by atoms with Crippen molar-refractivity contribution < 1.29 is 9.13 Å². The normalized spacial score (nSPS) is 12.2. The van der Waals surface area contributed by atoms with Crippen molar-refractivity contribution in [2.75, 3.05) is 7.11 Å². The zero-order valence-electron chi connectivity index (χ0n) is 11.7. The predicted molar refractivity (Wildman–Crippen MR) is 77.9 cm³/mol. The first-order valence-corrected chi connectivity index (χ1v) is 6.49. The molecular formula is C16H19FN2O.